The van der Waals surface area contributed by atoms with Gasteiger partial charge in [-0.3, -0.25) is 0 Å². The van der Waals surface area contributed by atoms with Crippen LogP contribution in [-0.4, -0.2) is 29.4 Å². The number of hydrogen-bond acceptors (Lipinski definition) is 5. The Morgan fingerprint density at radius 2 is 2.36 bits per heavy atom. The van der Waals surface area contributed by atoms with Gasteiger partial charge in [0.15, 0.2) is 0 Å². The van der Waals surface area contributed by atoms with Crippen LogP contribution in [0, 0.1) is 6.92 Å². The molecule has 60 valence electrons. The van der Waals surface area contributed by atoms with Crippen molar-refractivity contribution in [3.8, 4) is 5.19 Å². The molecule has 1 aliphatic rings. The third kappa shape index (κ3) is 1.49. The number of ether oxygens (including phenoxy) is 1. The normalized spacial score (nSPS) is 17.9. The molecule has 0 radical (unpaired) electrons. The summed E-state index contributed by atoms with van der Waals surface area (Å²) in [6.07, 6.45) is 0.308. The van der Waals surface area contributed by atoms with Gasteiger partial charge in [-0.2, -0.15) is 0 Å². The summed E-state index contributed by atoms with van der Waals surface area (Å²) in [6.45, 7) is 3.78. The second kappa shape index (κ2) is 2.75. The lowest BCUT2D eigenvalue weighted by molar-refractivity contribution is 0.140. The largest absolute Gasteiger partial charge is 0.463 e. The molecule has 0 atom stereocenters. The molecular weight excluding hydrogens is 162 g/mol. The summed E-state index contributed by atoms with van der Waals surface area (Å²) in [4.78, 5) is 0. The zero-order chi connectivity index (χ0) is 7.68. The topological polar surface area (TPSA) is 47.0 Å². The average Bonchev–Trinajstić information content (AvgIpc) is 2.27. The van der Waals surface area contributed by atoms with Crippen LogP contribution in [0.5, 0.6) is 5.19 Å². The summed E-state index contributed by atoms with van der Waals surface area (Å²) in [5.74, 6) is 0. The first-order valence-corrected chi connectivity index (χ1v) is 4.34. The van der Waals surface area contributed by atoms with Gasteiger partial charge in [0.1, 0.15) is 11.1 Å². The summed E-state index contributed by atoms with van der Waals surface area (Å²) in [7, 11) is 0. The first-order valence-electron chi connectivity index (χ1n) is 3.52. The van der Waals surface area contributed by atoms with Gasteiger partial charge in [-0.1, -0.05) is 11.3 Å². The Hall–Kier alpha value is -0.680. The van der Waals surface area contributed by atoms with Gasteiger partial charge in [-0.15, -0.1) is 10.2 Å². The van der Waals surface area contributed by atoms with E-state index < -0.39 is 0 Å². The van der Waals surface area contributed by atoms with Crippen LogP contribution < -0.4 is 10.1 Å². The summed E-state index contributed by atoms with van der Waals surface area (Å²) in [5.41, 5.74) is 0. The second-order valence-electron chi connectivity index (χ2n) is 2.49. The average molecular weight is 171 g/mol. The highest BCUT2D eigenvalue weighted by Crippen LogP contribution is 2.18. The predicted molar refractivity (Wildman–Crippen MR) is 41.9 cm³/mol. The third-order valence-electron chi connectivity index (χ3n) is 1.52. The SMILES string of the molecule is Cc1nnc(OC2CNC2)s1. The van der Waals surface area contributed by atoms with Crippen molar-refractivity contribution >= 4 is 11.3 Å². The molecular formula is C6H9N3OS. The molecule has 0 saturated carbocycles. The fourth-order valence-corrected chi connectivity index (χ4v) is 1.41. The molecule has 1 aromatic heterocycles. The molecule has 1 fully saturated rings. The quantitative estimate of drug-likeness (QED) is 0.690. The fraction of sp³-hybridized carbons (Fsp3) is 0.667. The minimum atomic E-state index is 0.308. The Labute approximate surface area is 68.6 Å². The lowest BCUT2D eigenvalue weighted by Crippen LogP contribution is -2.50. The summed E-state index contributed by atoms with van der Waals surface area (Å²) in [5, 5.41) is 12.5. The smallest absolute Gasteiger partial charge is 0.294 e. The van der Waals surface area contributed by atoms with Crippen molar-refractivity contribution in [2.45, 2.75) is 13.0 Å². The molecule has 0 amide bonds. The van der Waals surface area contributed by atoms with Crippen LogP contribution >= 0.6 is 11.3 Å². The number of nitrogens with one attached hydrogen (secondary N) is 1. The molecule has 1 aliphatic heterocycles. The van der Waals surface area contributed by atoms with Crippen molar-refractivity contribution in [2.24, 2.45) is 0 Å². The van der Waals surface area contributed by atoms with Gasteiger partial charge in [0.05, 0.1) is 0 Å². The van der Waals surface area contributed by atoms with Gasteiger partial charge in [0.25, 0.3) is 5.19 Å². The molecule has 11 heavy (non-hydrogen) atoms. The highest BCUT2D eigenvalue weighted by atomic mass is 32.1. The maximum Gasteiger partial charge on any atom is 0.294 e. The van der Waals surface area contributed by atoms with Crippen molar-refractivity contribution in [1.29, 1.82) is 0 Å². The monoisotopic (exact) mass is 171 g/mol. The van der Waals surface area contributed by atoms with E-state index in [2.05, 4.69) is 15.5 Å². The van der Waals surface area contributed by atoms with Crippen LogP contribution in [0.1, 0.15) is 5.01 Å². The van der Waals surface area contributed by atoms with E-state index in [0.29, 0.717) is 11.3 Å². The molecule has 2 rings (SSSR count). The third-order valence-corrected chi connectivity index (χ3v) is 2.25. The molecule has 0 aromatic carbocycles. The Morgan fingerprint density at radius 1 is 1.55 bits per heavy atom. The van der Waals surface area contributed by atoms with E-state index >= 15 is 0 Å². The maximum atomic E-state index is 5.45. The van der Waals surface area contributed by atoms with Gasteiger partial charge >= 0.3 is 0 Å². The van der Waals surface area contributed by atoms with Crippen molar-refractivity contribution in [3.63, 3.8) is 0 Å². The van der Waals surface area contributed by atoms with Gasteiger partial charge in [-0.25, -0.2) is 0 Å². The van der Waals surface area contributed by atoms with Crippen LogP contribution in [0.4, 0.5) is 0 Å². The molecule has 5 heteroatoms. The molecule has 1 aromatic rings. The van der Waals surface area contributed by atoms with Crippen LogP contribution in [0.3, 0.4) is 0 Å². The van der Waals surface area contributed by atoms with Crippen molar-refractivity contribution in [1.82, 2.24) is 15.5 Å². The molecule has 2 heterocycles. The standard InChI is InChI=1S/C6H9N3OS/c1-4-8-9-6(11-4)10-5-2-7-3-5/h5,7H,2-3H2,1H3. The molecule has 4 nitrogen and oxygen atoms in total. The molecule has 0 unspecified atom stereocenters. The van der Waals surface area contributed by atoms with Crippen molar-refractivity contribution in [2.75, 3.05) is 13.1 Å². The van der Waals surface area contributed by atoms with Crippen LogP contribution in [0.25, 0.3) is 0 Å². The highest BCUT2D eigenvalue weighted by Gasteiger charge is 2.19. The number of hydrogen-bond donors (Lipinski definition) is 1. The first-order chi connectivity index (χ1) is 5.34. The number of nitrogens with zero attached hydrogens (tertiary/aromatic N) is 2. The van der Waals surface area contributed by atoms with Crippen molar-refractivity contribution in [3.05, 3.63) is 5.01 Å². The molecule has 0 bridgehead atoms. The molecule has 0 spiro atoms. The van der Waals surface area contributed by atoms with Crippen molar-refractivity contribution < 1.29 is 4.74 Å². The van der Waals surface area contributed by atoms with Gasteiger partial charge in [0.2, 0.25) is 0 Å². The van der Waals surface area contributed by atoms with E-state index in [0.717, 1.165) is 18.1 Å². The highest BCUT2D eigenvalue weighted by molar-refractivity contribution is 7.12. The molecule has 1 saturated heterocycles. The zero-order valence-electron chi connectivity index (χ0n) is 6.20. The Balaban J connectivity index is 1.95. The minimum Gasteiger partial charge on any atom is -0.463 e. The van der Waals surface area contributed by atoms with E-state index in [-0.39, 0.29) is 0 Å². The lowest BCUT2D eigenvalue weighted by Gasteiger charge is -2.25. The first kappa shape index (κ1) is 7.00. The van der Waals surface area contributed by atoms with Gasteiger partial charge in [0, 0.05) is 13.1 Å². The Morgan fingerprint density at radius 3 is 2.82 bits per heavy atom. The fourth-order valence-electron chi connectivity index (χ4n) is 0.814. The van der Waals surface area contributed by atoms with Gasteiger partial charge < -0.3 is 10.1 Å². The van der Waals surface area contributed by atoms with E-state index in [9.17, 15) is 0 Å². The maximum absolute atomic E-state index is 5.45. The van der Waals surface area contributed by atoms with E-state index in [1.807, 2.05) is 6.92 Å². The zero-order valence-corrected chi connectivity index (χ0v) is 7.02. The minimum absolute atomic E-state index is 0.308. The second-order valence-corrected chi connectivity index (χ2v) is 3.63. The Bertz CT molecular complexity index is 246. The summed E-state index contributed by atoms with van der Waals surface area (Å²) >= 11 is 1.49. The van der Waals surface area contributed by atoms with E-state index in [4.69, 9.17) is 4.74 Å². The van der Waals surface area contributed by atoms with Crippen LogP contribution in [0.2, 0.25) is 0 Å². The van der Waals surface area contributed by atoms with Crippen LogP contribution in [-0.2, 0) is 0 Å². The number of rotatable bonds is 2. The Kier molecular flexibility index (Phi) is 1.75. The number of aromatic nitrogens is 2. The lowest BCUT2D eigenvalue weighted by atomic mass is 10.2. The number of aryl methyl sites for hydroxylation is 1. The summed E-state index contributed by atoms with van der Waals surface area (Å²) in [6, 6.07) is 0. The molecule has 1 N–H and O–H groups in total. The predicted octanol–water partition coefficient (Wildman–Crippen LogP) is 0.197. The molecule has 0 aliphatic carbocycles. The van der Waals surface area contributed by atoms with E-state index in [1.165, 1.54) is 11.3 Å². The van der Waals surface area contributed by atoms with E-state index in [1.54, 1.807) is 0 Å². The summed E-state index contributed by atoms with van der Waals surface area (Å²) < 4.78 is 5.45. The van der Waals surface area contributed by atoms with Crippen LogP contribution in [0.15, 0.2) is 0 Å². The van der Waals surface area contributed by atoms with Gasteiger partial charge in [-0.05, 0) is 6.92 Å².